The van der Waals surface area contributed by atoms with E-state index < -0.39 is 25.8 Å². The van der Waals surface area contributed by atoms with Crippen molar-refractivity contribution < 1.29 is 26.4 Å². The van der Waals surface area contributed by atoms with Gasteiger partial charge in [-0.25, -0.2) is 21.6 Å². The Morgan fingerprint density at radius 3 is 2.15 bits per heavy atom. The number of sulfone groups is 1. The Morgan fingerprint density at radius 2 is 1.63 bits per heavy atom. The third kappa shape index (κ3) is 5.78. The predicted octanol–water partition coefficient (Wildman–Crippen LogP) is 2.30. The van der Waals surface area contributed by atoms with Crippen LogP contribution in [-0.4, -0.2) is 35.6 Å². The van der Waals surface area contributed by atoms with Gasteiger partial charge < -0.3 is 4.74 Å². The Bertz CT molecular complexity index is 1050. The lowest BCUT2D eigenvalue weighted by molar-refractivity contribution is -0.118. The number of amides is 1. The summed E-state index contributed by atoms with van der Waals surface area (Å²) in [6.45, 7) is 2.24. The zero-order chi connectivity index (χ0) is 20.2. The largest absolute Gasteiger partial charge is 0.493 e. The number of hydrogen-bond donors (Lipinski definition) is 1. The van der Waals surface area contributed by atoms with Gasteiger partial charge in [0.25, 0.3) is 10.0 Å². The maximum absolute atomic E-state index is 12.4. The first-order valence-electron chi connectivity index (χ1n) is 7.80. The Kier molecular flexibility index (Phi) is 6.66. The maximum Gasteiger partial charge on any atom is 0.264 e. The lowest BCUT2D eigenvalue weighted by atomic mass is 10.1. The molecule has 2 rings (SSSR count). The molecule has 27 heavy (non-hydrogen) atoms. The van der Waals surface area contributed by atoms with Crippen LogP contribution in [0.1, 0.15) is 12.5 Å². The molecule has 2 aromatic rings. The molecule has 0 saturated heterocycles. The van der Waals surface area contributed by atoms with E-state index in [0.717, 1.165) is 6.26 Å². The van der Waals surface area contributed by atoms with Crippen LogP contribution in [0.15, 0.2) is 56.7 Å². The highest BCUT2D eigenvalue weighted by Crippen LogP contribution is 2.27. The quantitative estimate of drug-likeness (QED) is 0.658. The fraction of sp³-hybridized carbons (Fsp3) is 0.235. The lowest BCUT2D eigenvalue weighted by Gasteiger charge is -2.10. The second kappa shape index (κ2) is 8.41. The van der Waals surface area contributed by atoms with E-state index in [2.05, 4.69) is 15.9 Å². The van der Waals surface area contributed by atoms with Crippen molar-refractivity contribution in [1.29, 1.82) is 0 Å². The summed E-state index contributed by atoms with van der Waals surface area (Å²) in [4.78, 5) is 12.1. The Morgan fingerprint density at radius 1 is 1.04 bits per heavy atom. The molecule has 0 unspecified atom stereocenters. The van der Waals surface area contributed by atoms with Gasteiger partial charge in [-0.05, 0) is 58.7 Å². The van der Waals surface area contributed by atoms with E-state index in [4.69, 9.17) is 4.74 Å². The van der Waals surface area contributed by atoms with Gasteiger partial charge in [0.1, 0.15) is 5.75 Å². The fourth-order valence-corrected chi connectivity index (χ4v) is 4.49. The van der Waals surface area contributed by atoms with Gasteiger partial charge in [0.05, 0.1) is 27.3 Å². The van der Waals surface area contributed by atoms with Crippen molar-refractivity contribution in [3.05, 3.63) is 52.5 Å². The minimum Gasteiger partial charge on any atom is -0.493 e. The van der Waals surface area contributed by atoms with Crippen LogP contribution < -0.4 is 9.46 Å². The van der Waals surface area contributed by atoms with Crippen LogP contribution in [0.3, 0.4) is 0 Å². The number of nitrogens with one attached hydrogen (secondary N) is 1. The van der Waals surface area contributed by atoms with Crippen LogP contribution in [0.25, 0.3) is 0 Å². The molecule has 0 atom stereocenters. The summed E-state index contributed by atoms with van der Waals surface area (Å²) in [5, 5.41) is 0. The maximum atomic E-state index is 12.4. The summed E-state index contributed by atoms with van der Waals surface area (Å²) in [5.41, 5.74) is 0.489. The van der Waals surface area contributed by atoms with Crippen molar-refractivity contribution in [2.24, 2.45) is 0 Å². The van der Waals surface area contributed by atoms with Crippen LogP contribution >= 0.6 is 15.9 Å². The topological polar surface area (TPSA) is 107 Å². The van der Waals surface area contributed by atoms with Crippen molar-refractivity contribution in [2.75, 3.05) is 12.9 Å². The standard InChI is InChI=1S/C17H18BrNO6S2/c1-3-25-16-9-8-14(11-15(16)18)27(23,24)19-17(20)10-12-4-6-13(7-5-12)26(2,21)22/h4-9,11H,3,10H2,1-2H3,(H,19,20). The molecule has 0 saturated carbocycles. The van der Waals surface area contributed by atoms with Crippen LogP contribution in [0.5, 0.6) is 5.75 Å². The number of carbonyl (C=O) groups excluding carboxylic acids is 1. The minimum absolute atomic E-state index is 0.0846. The lowest BCUT2D eigenvalue weighted by Crippen LogP contribution is -2.31. The molecule has 10 heteroatoms. The highest BCUT2D eigenvalue weighted by Gasteiger charge is 2.19. The van der Waals surface area contributed by atoms with E-state index in [-0.39, 0.29) is 16.2 Å². The van der Waals surface area contributed by atoms with Crippen LogP contribution in [0, 0.1) is 0 Å². The van der Waals surface area contributed by atoms with E-state index in [1.807, 2.05) is 4.72 Å². The Labute approximate surface area is 166 Å². The summed E-state index contributed by atoms with van der Waals surface area (Å²) < 4.78 is 55.4. The zero-order valence-corrected chi connectivity index (χ0v) is 17.8. The molecule has 0 fully saturated rings. The smallest absolute Gasteiger partial charge is 0.264 e. The SMILES string of the molecule is CCOc1ccc(S(=O)(=O)NC(=O)Cc2ccc(S(C)(=O)=O)cc2)cc1Br. The first kappa shape index (κ1) is 21.4. The predicted molar refractivity (Wildman–Crippen MR) is 104 cm³/mol. The van der Waals surface area contributed by atoms with Gasteiger partial charge in [-0.1, -0.05) is 12.1 Å². The molecule has 146 valence electrons. The summed E-state index contributed by atoms with van der Waals surface area (Å²) in [6.07, 6.45) is 0.873. The molecule has 2 aromatic carbocycles. The molecule has 1 amide bonds. The molecule has 0 radical (unpaired) electrons. The van der Waals surface area contributed by atoms with Gasteiger partial charge >= 0.3 is 0 Å². The molecular formula is C17H18BrNO6S2. The first-order valence-corrected chi connectivity index (χ1v) is 12.0. The summed E-state index contributed by atoms with van der Waals surface area (Å²) in [6, 6.07) is 9.86. The molecule has 1 N–H and O–H groups in total. The average Bonchev–Trinajstić information content (AvgIpc) is 2.56. The molecule has 0 aliphatic carbocycles. The number of carbonyl (C=O) groups is 1. The van der Waals surface area contributed by atoms with Gasteiger partial charge in [-0.15, -0.1) is 0 Å². The highest BCUT2D eigenvalue weighted by atomic mass is 79.9. The monoisotopic (exact) mass is 475 g/mol. The summed E-state index contributed by atoms with van der Waals surface area (Å²) in [5.74, 6) is -0.235. The molecule has 0 aliphatic heterocycles. The highest BCUT2D eigenvalue weighted by molar-refractivity contribution is 9.10. The van der Waals surface area contributed by atoms with Crippen molar-refractivity contribution in [1.82, 2.24) is 4.72 Å². The molecule has 0 aliphatic rings. The number of halogens is 1. The normalized spacial score (nSPS) is 11.8. The van der Waals surface area contributed by atoms with E-state index in [1.54, 1.807) is 6.92 Å². The molecule has 0 bridgehead atoms. The second-order valence-electron chi connectivity index (χ2n) is 5.65. The molecule has 0 spiro atoms. The Balaban J connectivity index is 2.11. The van der Waals surface area contributed by atoms with Gasteiger partial charge in [0.15, 0.2) is 9.84 Å². The molecule has 7 nitrogen and oxygen atoms in total. The third-order valence-electron chi connectivity index (χ3n) is 3.48. The number of ether oxygens (including phenoxy) is 1. The van der Waals surface area contributed by atoms with Crippen LogP contribution in [0.2, 0.25) is 0 Å². The first-order chi connectivity index (χ1) is 12.5. The van der Waals surface area contributed by atoms with Crippen molar-refractivity contribution in [2.45, 2.75) is 23.1 Å². The van der Waals surface area contributed by atoms with Crippen LogP contribution in [0.4, 0.5) is 0 Å². The summed E-state index contributed by atoms with van der Waals surface area (Å²) in [7, 11) is -7.38. The number of benzene rings is 2. The van der Waals surface area contributed by atoms with E-state index in [9.17, 15) is 21.6 Å². The molecule has 0 heterocycles. The zero-order valence-electron chi connectivity index (χ0n) is 14.6. The second-order valence-corrected chi connectivity index (χ2v) is 10.2. The summed E-state index contributed by atoms with van der Waals surface area (Å²) >= 11 is 3.23. The van der Waals surface area contributed by atoms with Gasteiger partial charge in [0.2, 0.25) is 5.91 Å². The third-order valence-corrected chi connectivity index (χ3v) is 6.60. The molecule has 0 aromatic heterocycles. The van der Waals surface area contributed by atoms with E-state index in [0.29, 0.717) is 22.4 Å². The van der Waals surface area contributed by atoms with Crippen LogP contribution in [-0.2, 0) is 31.1 Å². The van der Waals surface area contributed by atoms with E-state index >= 15 is 0 Å². The Hall–Kier alpha value is -1.91. The van der Waals surface area contributed by atoms with Gasteiger partial charge in [-0.3, -0.25) is 4.79 Å². The van der Waals surface area contributed by atoms with Crippen molar-refractivity contribution in [3.8, 4) is 5.75 Å². The number of hydrogen-bond acceptors (Lipinski definition) is 6. The van der Waals surface area contributed by atoms with Crippen molar-refractivity contribution >= 4 is 41.7 Å². The van der Waals surface area contributed by atoms with Gasteiger partial charge in [0, 0.05) is 6.26 Å². The number of sulfonamides is 1. The van der Waals surface area contributed by atoms with E-state index in [1.165, 1.54) is 42.5 Å². The fourth-order valence-electron chi connectivity index (χ4n) is 2.21. The molecular weight excluding hydrogens is 458 g/mol. The van der Waals surface area contributed by atoms with Crippen molar-refractivity contribution in [3.63, 3.8) is 0 Å². The minimum atomic E-state index is -4.05. The average molecular weight is 476 g/mol. The van der Waals surface area contributed by atoms with Gasteiger partial charge in [-0.2, -0.15) is 0 Å². The number of rotatable bonds is 7.